The van der Waals surface area contributed by atoms with Gasteiger partial charge in [-0.15, -0.1) is 0 Å². The molecule has 0 heteroatoms. The van der Waals surface area contributed by atoms with Gasteiger partial charge in [0.15, 0.2) is 0 Å². The summed E-state index contributed by atoms with van der Waals surface area (Å²) < 4.78 is 8.29. The number of rotatable bonds is 0. The zero-order valence-corrected chi connectivity index (χ0v) is 9.04. The molecule has 0 unspecified atom stereocenters. The van der Waals surface area contributed by atoms with Gasteiger partial charge in [-0.3, -0.25) is 0 Å². The highest BCUT2D eigenvalue weighted by atomic mass is 14.2. The Labute approximate surface area is 92.0 Å². The van der Waals surface area contributed by atoms with Crippen LogP contribution < -0.4 is 0 Å². The van der Waals surface area contributed by atoms with Crippen molar-refractivity contribution in [3.63, 3.8) is 0 Å². The van der Waals surface area contributed by atoms with Gasteiger partial charge in [0.25, 0.3) is 0 Å². The second kappa shape index (κ2) is 2.96. The van der Waals surface area contributed by atoms with E-state index in [1.807, 2.05) is 0 Å². The van der Waals surface area contributed by atoms with Crippen LogP contribution in [0.4, 0.5) is 0 Å². The number of fused-ring (bicyclic) bond motifs is 3. The molecule has 0 aromatic heterocycles. The van der Waals surface area contributed by atoms with Crippen LogP contribution in [0.2, 0.25) is 0 Å². The Balaban J connectivity index is 2.30. The SMILES string of the molecule is [3H]C1c2cc(C)ccc2-c2ccc(C)cc21. The number of aryl methyl sites for hydroxylation is 2. The van der Waals surface area contributed by atoms with Crippen molar-refractivity contribution in [2.24, 2.45) is 0 Å². The van der Waals surface area contributed by atoms with Crippen molar-refractivity contribution in [3.05, 3.63) is 58.7 Å². The Morgan fingerprint density at radius 3 is 1.80 bits per heavy atom. The molecule has 0 N–H and O–H groups in total. The molecule has 2 aromatic carbocycles. The van der Waals surface area contributed by atoms with Crippen LogP contribution >= 0.6 is 0 Å². The third-order valence-corrected chi connectivity index (χ3v) is 3.02. The predicted octanol–water partition coefficient (Wildman–Crippen LogP) is 3.87. The van der Waals surface area contributed by atoms with Crippen molar-refractivity contribution >= 4 is 0 Å². The molecule has 1 aliphatic carbocycles. The van der Waals surface area contributed by atoms with Gasteiger partial charge < -0.3 is 0 Å². The van der Waals surface area contributed by atoms with Gasteiger partial charge in [-0.25, -0.2) is 0 Å². The Kier molecular flexibility index (Phi) is 1.52. The third kappa shape index (κ3) is 1.29. The maximum absolute atomic E-state index is 8.29. The highest BCUT2D eigenvalue weighted by molar-refractivity contribution is 5.77. The first kappa shape index (κ1) is 7.70. The first-order valence-electron chi connectivity index (χ1n) is 5.88. The molecule has 0 aliphatic heterocycles. The van der Waals surface area contributed by atoms with Gasteiger partial charge in [-0.1, -0.05) is 47.5 Å². The minimum Gasteiger partial charge on any atom is -0.0587 e. The smallest absolute Gasteiger partial charge is 0.0366 e. The van der Waals surface area contributed by atoms with Gasteiger partial charge in [-0.2, -0.15) is 0 Å². The monoisotopic (exact) mass is 196 g/mol. The molecule has 2 aromatic rings. The van der Waals surface area contributed by atoms with Gasteiger partial charge in [-0.05, 0) is 42.5 Å². The Morgan fingerprint density at radius 1 is 0.867 bits per heavy atom. The summed E-state index contributed by atoms with van der Waals surface area (Å²) in [6.07, 6.45) is -0.204. The summed E-state index contributed by atoms with van der Waals surface area (Å²) in [7, 11) is 0. The number of hydrogen-bond donors (Lipinski definition) is 0. The van der Waals surface area contributed by atoms with Crippen LogP contribution in [-0.4, -0.2) is 0 Å². The molecule has 0 saturated heterocycles. The topological polar surface area (TPSA) is 0 Å². The molecule has 0 saturated carbocycles. The molecule has 15 heavy (non-hydrogen) atoms. The summed E-state index contributed by atoms with van der Waals surface area (Å²) in [6.45, 7) is 4.17. The third-order valence-electron chi connectivity index (χ3n) is 3.02. The standard InChI is InChI=1S/C15H14/c1-10-3-5-14-12(7-10)9-13-8-11(2)4-6-15(13)14/h3-8H,9H2,1-2H3/i9T. The van der Waals surface area contributed by atoms with E-state index in [1.54, 1.807) is 0 Å². The van der Waals surface area contributed by atoms with Crippen molar-refractivity contribution in [3.8, 4) is 11.1 Å². The lowest BCUT2D eigenvalue weighted by Gasteiger charge is -2.01. The molecule has 0 amide bonds. The van der Waals surface area contributed by atoms with Crippen molar-refractivity contribution in [2.75, 3.05) is 0 Å². The zero-order valence-electron chi connectivity index (χ0n) is 10.0. The summed E-state index contributed by atoms with van der Waals surface area (Å²) >= 11 is 0. The van der Waals surface area contributed by atoms with Crippen LogP contribution in [0.5, 0.6) is 0 Å². The average Bonchev–Trinajstić information content (AvgIpc) is 2.53. The zero-order chi connectivity index (χ0) is 11.3. The highest BCUT2D eigenvalue weighted by Gasteiger charge is 2.17. The molecule has 0 atom stereocenters. The van der Waals surface area contributed by atoms with Crippen molar-refractivity contribution in [1.82, 2.24) is 0 Å². The van der Waals surface area contributed by atoms with Crippen LogP contribution in [0.3, 0.4) is 0 Å². The second-order valence-electron chi connectivity index (χ2n) is 4.33. The van der Waals surface area contributed by atoms with Crippen LogP contribution in [-0.2, 0) is 6.40 Å². The van der Waals surface area contributed by atoms with Gasteiger partial charge >= 0.3 is 0 Å². The molecule has 0 nitrogen and oxygen atoms in total. The van der Waals surface area contributed by atoms with E-state index >= 15 is 0 Å². The fraction of sp³-hybridized carbons (Fsp3) is 0.200. The highest BCUT2D eigenvalue weighted by Crippen LogP contribution is 2.37. The van der Waals surface area contributed by atoms with E-state index < -0.39 is 0 Å². The van der Waals surface area contributed by atoms with E-state index in [0.29, 0.717) is 0 Å². The van der Waals surface area contributed by atoms with E-state index in [0.717, 1.165) is 11.1 Å². The fourth-order valence-corrected chi connectivity index (χ4v) is 2.26. The molecule has 74 valence electrons. The van der Waals surface area contributed by atoms with E-state index in [2.05, 4.69) is 50.2 Å². The minimum atomic E-state index is -0.204. The van der Waals surface area contributed by atoms with Gasteiger partial charge in [0.1, 0.15) is 0 Å². The van der Waals surface area contributed by atoms with E-state index in [9.17, 15) is 0 Å². The summed E-state index contributed by atoms with van der Waals surface area (Å²) in [5, 5.41) is 0. The van der Waals surface area contributed by atoms with E-state index in [-0.39, 0.29) is 6.40 Å². The van der Waals surface area contributed by atoms with Gasteiger partial charge in [0.2, 0.25) is 0 Å². The van der Waals surface area contributed by atoms with E-state index in [4.69, 9.17) is 1.37 Å². The normalized spacial score (nSPS) is 14.7. The number of benzene rings is 2. The molecule has 1 aliphatic rings. The molecule has 0 spiro atoms. The molecule has 3 rings (SSSR count). The Hall–Kier alpha value is -1.56. The minimum absolute atomic E-state index is 0.204. The maximum atomic E-state index is 8.29. The Morgan fingerprint density at radius 2 is 1.33 bits per heavy atom. The van der Waals surface area contributed by atoms with Crippen LogP contribution in [0, 0.1) is 13.8 Å². The van der Waals surface area contributed by atoms with Crippen LogP contribution in [0.15, 0.2) is 36.4 Å². The quantitative estimate of drug-likeness (QED) is 0.600. The summed E-state index contributed by atoms with van der Waals surface area (Å²) in [6, 6.07) is 12.8. The Bertz CT molecular complexity index is 518. The molecule has 0 bridgehead atoms. The first-order valence-corrected chi connectivity index (χ1v) is 5.30. The molecule has 0 radical (unpaired) electrons. The van der Waals surface area contributed by atoms with Crippen molar-refractivity contribution in [2.45, 2.75) is 20.2 Å². The predicted molar refractivity (Wildman–Crippen MR) is 64.2 cm³/mol. The lowest BCUT2D eigenvalue weighted by Crippen LogP contribution is -1.81. The molecular weight excluding hydrogens is 180 g/mol. The van der Waals surface area contributed by atoms with Crippen LogP contribution in [0.1, 0.15) is 23.6 Å². The summed E-state index contributed by atoms with van der Waals surface area (Å²) in [4.78, 5) is 0. The summed E-state index contributed by atoms with van der Waals surface area (Å²) in [5.74, 6) is 0. The summed E-state index contributed by atoms with van der Waals surface area (Å²) in [5.41, 5.74) is 7.25. The van der Waals surface area contributed by atoms with Crippen molar-refractivity contribution < 1.29 is 1.37 Å². The fourth-order valence-electron chi connectivity index (χ4n) is 2.26. The first-order chi connectivity index (χ1) is 7.66. The van der Waals surface area contributed by atoms with Crippen molar-refractivity contribution in [1.29, 1.82) is 0 Å². The largest absolute Gasteiger partial charge is 0.0587 e. The van der Waals surface area contributed by atoms with Crippen LogP contribution in [0.25, 0.3) is 11.1 Å². The van der Waals surface area contributed by atoms with E-state index in [1.165, 1.54) is 22.3 Å². The maximum Gasteiger partial charge on any atom is 0.0366 e. The lowest BCUT2D eigenvalue weighted by atomic mass is 10.0. The average molecular weight is 196 g/mol. The second-order valence-corrected chi connectivity index (χ2v) is 4.33. The number of hydrogen-bond acceptors (Lipinski definition) is 0. The molecule has 0 heterocycles. The molecule has 0 fully saturated rings. The van der Waals surface area contributed by atoms with Gasteiger partial charge in [0, 0.05) is 1.37 Å². The molecular formula is C15H14. The lowest BCUT2D eigenvalue weighted by molar-refractivity contribution is 1.24. The van der Waals surface area contributed by atoms with Gasteiger partial charge in [0.05, 0.1) is 0 Å².